The molecule has 5 nitrogen and oxygen atoms in total. The molecule has 0 aliphatic heterocycles. The molecule has 0 bridgehead atoms. The van der Waals surface area contributed by atoms with Crippen LogP contribution in [0.1, 0.15) is 0 Å². The van der Waals surface area contributed by atoms with E-state index in [4.69, 9.17) is 19.4 Å². The number of thiophene rings is 1. The third-order valence-electron chi connectivity index (χ3n) is 11.1. The lowest BCUT2D eigenvalue weighted by Crippen LogP contribution is -2.00. The Labute approximate surface area is 330 Å². The highest BCUT2D eigenvalue weighted by Crippen LogP contribution is 2.42. The van der Waals surface area contributed by atoms with E-state index >= 15 is 0 Å². The largest absolute Gasteiger partial charge is 0.456 e. The van der Waals surface area contributed by atoms with E-state index in [1.807, 2.05) is 18.2 Å². The molecule has 0 fully saturated rings. The predicted octanol–water partition coefficient (Wildman–Crippen LogP) is 13.9. The first kappa shape index (κ1) is 31.9. The van der Waals surface area contributed by atoms with E-state index in [0.717, 1.165) is 71.9 Å². The van der Waals surface area contributed by atoms with Crippen LogP contribution < -0.4 is 0 Å². The van der Waals surface area contributed by atoms with Gasteiger partial charge in [0.25, 0.3) is 0 Å². The SMILES string of the molecule is c1ccc(-c2ccc(-c3nc(-c4ccc5c(c4)sc4ccccc45)nc(-c4cccc5oc6cc7c8ccccc8n(-c8ccccc8)c7cc6c45)n3)cc2)cc1. The van der Waals surface area contributed by atoms with Crippen LogP contribution in [0.5, 0.6) is 0 Å². The Bertz CT molecular complexity index is 3510. The summed E-state index contributed by atoms with van der Waals surface area (Å²) in [5.74, 6) is 1.83. The Morgan fingerprint density at radius 1 is 0.386 bits per heavy atom. The number of rotatable bonds is 5. The summed E-state index contributed by atoms with van der Waals surface area (Å²) < 4.78 is 11.5. The lowest BCUT2D eigenvalue weighted by atomic mass is 10.0. The van der Waals surface area contributed by atoms with Crippen molar-refractivity contribution in [2.24, 2.45) is 0 Å². The van der Waals surface area contributed by atoms with Crippen molar-refractivity contribution in [3.05, 3.63) is 182 Å². The molecular weight excluding hydrogens is 717 g/mol. The number of fused-ring (bicyclic) bond motifs is 9. The molecule has 0 aliphatic carbocycles. The third kappa shape index (κ3) is 5.12. The molecule has 0 amide bonds. The van der Waals surface area contributed by atoms with Gasteiger partial charge in [-0.15, -0.1) is 11.3 Å². The van der Waals surface area contributed by atoms with E-state index in [2.05, 4.69) is 168 Å². The van der Waals surface area contributed by atoms with Crippen LogP contribution in [0.15, 0.2) is 186 Å². The van der Waals surface area contributed by atoms with E-state index < -0.39 is 0 Å². The van der Waals surface area contributed by atoms with E-state index in [1.54, 1.807) is 11.3 Å². The summed E-state index contributed by atoms with van der Waals surface area (Å²) in [4.78, 5) is 15.6. The summed E-state index contributed by atoms with van der Waals surface area (Å²) in [6.07, 6.45) is 0. The van der Waals surface area contributed by atoms with Crippen molar-refractivity contribution in [2.75, 3.05) is 0 Å². The third-order valence-corrected chi connectivity index (χ3v) is 12.2. The quantitative estimate of drug-likeness (QED) is 0.176. The number of hydrogen-bond donors (Lipinski definition) is 0. The van der Waals surface area contributed by atoms with Crippen molar-refractivity contribution in [3.8, 4) is 51.0 Å². The molecule has 12 rings (SSSR count). The summed E-state index contributed by atoms with van der Waals surface area (Å²) >= 11 is 1.79. The van der Waals surface area contributed by atoms with Gasteiger partial charge in [0.2, 0.25) is 0 Å². The standard InChI is InChI=1S/C51H30N4OS/c1-3-12-31(13-4-1)32-22-24-33(25-23-32)49-52-50(34-26-27-38-37-17-8-10-21-46(37)57-47(38)28-34)54-51(53-49)39-18-11-20-44-48(39)41-29-43-40(30-45(41)56-44)36-16-7-9-19-42(36)55(43)35-14-5-2-6-15-35/h1-30H. The van der Waals surface area contributed by atoms with Crippen LogP contribution in [0, 0.1) is 0 Å². The average molecular weight is 747 g/mol. The molecule has 0 N–H and O–H groups in total. The first-order valence-electron chi connectivity index (χ1n) is 19.0. The van der Waals surface area contributed by atoms with E-state index in [1.165, 1.54) is 25.6 Å². The van der Waals surface area contributed by atoms with Gasteiger partial charge in [-0.1, -0.05) is 133 Å². The minimum Gasteiger partial charge on any atom is -0.456 e. The minimum absolute atomic E-state index is 0.593. The zero-order valence-electron chi connectivity index (χ0n) is 30.4. The van der Waals surface area contributed by atoms with Gasteiger partial charge in [-0.3, -0.25) is 0 Å². The van der Waals surface area contributed by atoms with E-state index in [9.17, 15) is 0 Å². The van der Waals surface area contributed by atoms with Gasteiger partial charge in [-0.2, -0.15) is 0 Å². The van der Waals surface area contributed by atoms with Crippen molar-refractivity contribution < 1.29 is 4.42 Å². The molecule has 0 atom stereocenters. The highest BCUT2D eigenvalue weighted by molar-refractivity contribution is 7.25. The van der Waals surface area contributed by atoms with Gasteiger partial charge in [-0.25, -0.2) is 15.0 Å². The van der Waals surface area contributed by atoms with E-state index in [0.29, 0.717) is 17.5 Å². The number of aromatic nitrogens is 4. The Balaban J connectivity index is 1.09. The Kier molecular flexibility index (Phi) is 7.03. The van der Waals surface area contributed by atoms with Crippen molar-refractivity contribution in [1.29, 1.82) is 0 Å². The second kappa shape index (κ2) is 12.6. The smallest absolute Gasteiger partial charge is 0.164 e. The van der Waals surface area contributed by atoms with Gasteiger partial charge in [0, 0.05) is 64.1 Å². The fourth-order valence-corrected chi connectivity index (χ4v) is 9.54. The van der Waals surface area contributed by atoms with Crippen molar-refractivity contribution in [3.63, 3.8) is 0 Å². The molecule has 4 heterocycles. The van der Waals surface area contributed by atoms with Crippen molar-refractivity contribution in [1.82, 2.24) is 19.5 Å². The number of para-hydroxylation sites is 2. The Morgan fingerprint density at radius 2 is 1.04 bits per heavy atom. The topological polar surface area (TPSA) is 56.7 Å². The first-order valence-corrected chi connectivity index (χ1v) is 19.8. The molecule has 0 spiro atoms. The molecule has 0 aliphatic rings. The molecule has 4 aromatic heterocycles. The fraction of sp³-hybridized carbons (Fsp3) is 0. The maximum Gasteiger partial charge on any atom is 0.164 e. The van der Waals surface area contributed by atoms with Crippen LogP contribution in [0.2, 0.25) is 0 Å². The van der Waals surface area contributed by atoms with Crippen LogP contribution in [0.4, 0.5) is 0 Å². The summed E-state index contributed by atoms with van der Waals surface area (Å²) in [5, 5.41) is 6.80. The summed E-state index contributed by atoms with van der Waals surface area (Å²) in [6, 6.07) is 63.8. The van der Waals surface area contributed by atoms with Gasteiger partial charge in [0.1, 0.15) is 11.2 Å². The number of nitrogens with zero attached hydrogens (tertiary/aromatic N) is 4. The fourth-order valence-electron chi connectivity index (χ4n) is 8.39. The summed E-state index contributed by atoms with van der Waals surface area (Å²) in [7, 11) is 0. The predicted molar refractivity (Wildman–Crippen MR) is 236 cm³/mol. The van der Waals surface area contributed by atoms with Crippen LogP contribution in [-0.2, 0) is 0 Å². The lowest BCUT2D eigenvalue weighted by molar-refractivity contribution is 0.669. The average Bonchev–Trinajstić information content (AvgIpc) is 3.95. The number of furan rings is 1. The molecular formula is C51H30N4OS. The van der Waals surface area contributed by atoms with Crippen molar-refractivity contribution >= 4 is 75.3 Å². The maximum atomic E-state index is 6.67. The summed E-state index contributed by atoms with van der Waals surface area (Å²) in [5.41, 5.74) is 10.0. The lowest BCUT2D eigenvalue weighted by Gasteiger charge is -2.10. The van der Waals surface area contributed by atoms with Gasteiger partial charge >= 0.3 is 0 Å². The number of benzene rings is 8. The minimum atomic E-state index is 0.593. The molecule has 0 saturated carbocycles. The molecule has 266 valence electrons. The van der Waals surface area contributed by atoms with Crippen LogP contribution >= 0.6 is 11.3 Å². The van der Waals surface area contributed by atoms with Gasteiger partial charge in [0.15, 0.2) is 17.5 Å². The van der Waals surface area contributed by atoms with Crippen LogP contribution in [0.3, 0.4) is 0 Å². The molecule has 6 heteroatoms. The molecule has 0 unspecified atom stereocenters. The van der Waals surface area contributed by atoms with Gasteiger partial charge in [-0.05, 0) is 59.7 Å². The highest BCUT2D eigenvalue weighted by Gasteiger charge is 2.21. The number of hydrogen-bond acceptors (Lipinski definition) is 5. The second-order valence-corrected chi connectivity index (χ2v) is 15.5. The molecule has 0 saturated heterocycles. The molecule has 12 aromatic rings. The zero-order valence-corrected chi connectivity index (χ0v) is 31.2. The molecule has 8 aromatic carbocycles. The Hall–Kier alpha value is -7.41. The second-order valence-electron chi connectivity index (χ2n) is 14.4. The van der Waals surface area contributed by atoms with Crippen molar-refractivity contribution in [2.45, 2.75) is 0 Å². The summed E-state index contributed by atoms with van der Waals surface area (Å²) in [6.45, 7) is 0. The monoisotopic (exact) mass is 746 g/mol. The first-order chi connectivity index (χ1) is 28.2. The highest BCUT2D eigenvalue weighted by atomic mass is 32.1. The molecule has 0 radical (unpaired) electrons. The van der Waals surface area contributed by atoms with E-state index in [-0.39, 0.29) is 0 Å². The van der Waals surface area contributed by atoms with Gasteiger partial charge < -0.3 is 8.98 Å². The normalized spacial score (nSPS) is 11.9. The van der Waals surface area contributed by atoms with Crippen LogP contribution in [-0.4, -0.2) is 19.5 Å². The zero-order chi connectivity index (χ0) is 37.5. The Morgan fingerprint density at radius 3 is 1.88 bits per heavy atom. The molecule has 57 heavy (non-hydrogen) atoms. The van der Waals surface area contributed by atoms with Crippen LogP contribution in [0.25, 0.3) is 115 Å². The van der Waals surface area contributed by atoms with Gasteiger partial charge in [0.05, 0.1) is 11.0 Å². The maximum absolute atomic E-state index is 6.67.